The van der Waals surface area contributed by atoms with Crippen LogP contribution < -0.4 is 5.32 Å². The number of hydrogen-bond acceptors (Lipinski definition) is 6. The molecule has 0 aliphatic carbocycles. The lowest BCUT2D eigenvalue weighted by Gasteiger charge is -2.21. The maximum Gasteiger partial charge on any atom is 0.373 e. The molecule has 8 nitrogen and oxygen atoms in total. The number of nitrogens with zero attached hydrogens (tertiary/aromatic N) is 2. The molecule has 8 heteroatoms. The van der Waals surface area contributed by atoms with E-state index in [0.29, 0.717) is 31.9 Å². The third-order valence-corrected chi connectivity index (χ3v) is 5.61. The number of ether oxygens (including phenoxy) is 1. The Morgan fingerprint density at radius 1 is 1.03 bits per heavy atom. The Bertz CT molecular complexity index is 911. The average molecular weight is 442 g/mol. The Morgan fingerprint density at radius 2 is 1.81 bits per heavy atom. The van der Waals surface area contributed by atoms with Crippen molar-refractivity contribution in [3.8, 4) is 0 Å². The second-order valence-corrected chi connectivity index (χ2v) is 7.97. The summed E-state index contributed by atoms with van der Waals surface area (Å²) in [6.07, 6.45) is 1.22. The van der Waals surface area contributed by atoms with Crippen LogP contribution in [0.4, 0.5) is 0 Å². The molecule has 1 unspecified atom stereocenters. The standard InChI is InChI=1S/C24H31N3O5/c1-18(19-7-4-3-5-8-19)25-22(28)11-12-23(29)27-14-6-13-26(15-16-27)17-20-9-10-21(32-20)24(30)31-2/h3-5,7-10,18H,6,11-17H2,1-2H3,(H,25,28). The fourth-order valence-electron chi connectivity index (χ4n) is 3.79. The van der Waals surface area contributed by atoms with Crippen molar-refractivity contribution in [3.05, 3.63) is 59.5 Å². The monoisotopic (exact) mass is 441 g/mol. The van der Waals surface area contributed by atoms with E-state index in [1.165, 1.54) is 7.11 Å². The number of furan rings is 1. The fourth-order valence-corrected chi connectivity index (χ4v) is 3.79. The molecular weight excluding hydrogens is 410 g/mol. The maximum absolute atomic E-state index is 12.6. The summed E-state index contributed by atoms with van der Waals surface area (Å²) < 4.78 is 10.2. The van der Waals surface area contributed by atoms with Gasteiger partial charge in [0.2, 0.25) is 17.6 Å². The van der Waals surface area contributed by atoms with Gasteiger partial charge in [0, 0.05) is 39.0 Å². The summed E-state index contributed by atoms with van der Waals surface area (Å²) in [7, 11) is 1.32. The number of amides is 2. The van der Waals surface area contributed by atoms with Gasteiger partial charge in [-0.15, -0.1) is 0 Å². The molecule has 32 heavy (non-hydrogen) atoms. The molecule has 1 N–H and O–H groups in total. The van der Waals surface area contributed by atoms with Crippen molar-refractivity contribution in [2.45, 2.75) is 38.8 Å². The van der Waals surface area contributed by atoms with Crippen molar-refractivity contribution in [1.29, 1.82) is 0 Å². The van der Waals surface area contributed by atoms with Crippen LogP contribution in [0.15, 0.2) is 46.9 Å². The summed E-state index contributed by atoms with van der Waals surface area (Å²) >= 11 is 0. The van der Waals surface area contributed by atoms with E-state index in [2.05, 4.69) is 15.0 Å². The van der Waals surface area contributed by atoms with Gasteiger partial charge >= 0.3 is 5.97 Å². The van der Waals surface area contributed by atoms with Crippen LogP contribution in [-0.2, 0) is 20.9 Å². The number of benzene rings is 1. The van der Waals surface area contributed by atoms with Gasteiger partial charge < -0.3 is 19.4 Å². The highest BCUT2D eigenvalue weighted by Gasteiger charge is 2.21. The summed E-state index contributed by atoms with van der Waals surface area (Å²) in [4.78, 5) is 40.5. The van der Waals surface area contributed by atoms with Crippen molar-refractivity contribution in [2.24, 2.45) is 0 Å². The Labute approximate surface area is 188 Å². The van der Waals surface area contributed by atoms with Crippen LogP contribution in [0.5, 0.6) is 0 Å². The maximum atomic E-state index is 12.6. The van der Waals surface area contributed by atoms with Crippen molar-refractivity contribution in [3.63, 3.8) is 0 Å². The van der Waals surface area contributed by atoms with Crippen LogP contribution >= 0.6 is 0 Å². The highest BCUT2D eigenvalue weighted by molar-refractivity contribution is 5.86. The Hall–Kier alpha value is -3.13. The molecule has 2 aromatic rings. The van der Waals surface area contributed by atoms with Gasteiger partial charge in [0.1, 0.15) is 5.76 Å². The van der Waals surface area contributed by atoms with Gasteiger partial charge in [-0.1, -0.05) is 30.3 Å². The molecule has 2 amide bonds. The van der Waals surface area contributed by atoms with Crippen LogP contribution in [0.2, 0.25) is 0 Å². The van der Waals surface area contributed by atoms with E-state index in [1.807, 2.05) is 42.2 Å². The lowest BCUT2D eigenvalue weighted by Crippen LogP contribution is -2.36. The van der Waals surface area contributed by atoms with E-state index in [1.54, 1.807) is 12.1 Å². The third-order valence-electron chi connectivity index (χ3n) is 5.61. The molecule has 1 aromatic heterocycles. The lowest BCUT2D eigenvalue weighted by atomic mass is 10.1. The molecule has 1 aliphatic heterocycles. The van der Waals surface area contributed by atoms with Gasteiger partial charge in [-0.2, -0.15) is 0 Å². The van der Waals surface area contributed by atoms with Crippen LogP contribution in [0, 0.1) is 0 Å². The summed E-state index contributed by atoms with van der Waals surface area (Å²) in [5, 5.41) is 2.95. The van der Waals surface area contributed by atoms with E-state index in [9.17, 15) is 14.4 Å². The van der Waals surface area contributed by atoms with E-state index in [4.69, 9.17) is 4.42 Å². The van der Waals surface area contributed by atoms with Gasteiger partial charge in [0.05, 0.1) is 19.7 Å². The zero-order valence-corrected chi connectivity index (χ0v) is 18.7. The Morgan fingerprint density at radius 3 is 2.56 bits per heavy atom. The topological polar surface area (TPSA) is 92.1 Å². The van der Waals surface area contributed by atoms with E-state index in [-0.39, 0.29) is 36.5 Å². The van der Waals surface area contributed by atoms with E-state index < -0.39 is 5.97 Å². The molecule has 2 heterocycles. The van der Waals surface area contributed by atoms with Crippen molar-refractivity contribution >= 4 is 17.8 Å². The molecule has 0 spiro atoms. The molecule has 0 radical (unpaired) electrons. The number of nitrogens with one attached hydrogen (secondary N) is 1. The number of carbonyl (C=O) groups excluding carboxylic acids is 3. The molecule has 1 atom stereocenters. The number of methoxy groups -OCH3 is 1. The van der Waals surface area contributed by atoms with Gasteiger partial charge in [-0.3, -0.25) is 14.5 Å². The van der Waals surface area contributed by atoms with Crippen LogP contribution in [0.3, 0.4) is 0 Å². The number of rotatable bonds is 8. The Balaban J connectivity index is 1.41. The minimum absolute atomic E-state index is 0.000315. The predicted octanol–water partition coefficient (Wildman–Crippen LogP) is 2.76. The molecule has 0 saturated carbocycles. The largest absolute Gasteiger partial charge is 0.463 e. The van der Waals surface area contributed by atoms with Gasteiger partial charge in [0.15, 0.2) is 0 Å². The molecule has 3 rings (SSSR count). The zero-order chi connectivity index (χ0) is 22.9. The van der Waals surface area contributed by atoms with Crippen LogP contribution in [0.25, 0.3) is 0 Å². The fraction of sp³-hybridized carbons (Fsp3) is 0.458. The van der Waals surface area contributed by atoms with Crippen LogP contribution in [-0.4, -0.2) is 60.9 Å². The zero-order valence-electron chi connectivity index (χ0n) is 18.7. The molecule has 1 aromatic carbocycles. The normalized spacial score (nSPS) is 15.6. The Kier molecular flexibility index (Phi) is 8.44. The minimum atomic E-state index is -0.494. The van der Waals surface area contributed by atoms with Gasteiger partial charge in [-0.25, -0.2) is 4.79 Å². The first-order chi connectivity index (χ1) is 15.5. The first kappa shape index (κ1) is 23.5. The van der Waals surface area contributed by atoms with Gasteiger partial charge in [-0.05, 0) is 31.0 Å². The van der Waals surface area contributed by atoms with Crippen molar-refractivity contribution in [2.75, 3.05) is 33.3 Å². The van der Waals surface area contributed by atoms with E-state index in [0.717, 1.165) is 18.5 Å². The second-order valence-electron chi connectivity index (χ2n) is 7.97. The summed E-state index contributed by atoms with van der Waals surface area (Å²) in [5.74, 6) is 0.264. The third kappa shape index (κ3) is 6.68. The second kappa shape index (κ2) is 11.5. The smallest absolute Gasteiger partial charge is 0.373 e. The highest BCUT2D eigenvalue weighted by atomic mass is 16.5. The average Bonchev–Trinajstić information content (AvgIpc) is 3.15. The molecule has 1 saturated heterocycles. The molecule has 0 bridgehead atoms. The van der Waals surface area contributed by atoms with Crippen LogP contribution in [0.1, 0.15) is 54.1 Å². The lowest BCUT2D eigenvalue weighted by molar-refractivity contribution is -0.133. The van der Waals surface area contributed by atoms with E-state index >= 15 is 0 Å². The SMILES string of the molecule is COC(=O)c1ccc(CN2CCCN(C(=O)CCC(=O)NC(C)c3ccccc3)CC2)o1. The number of hydrogen-bond donors (Lipinski definition) is 1. The quantitative estimate of drug-likeness (QED) is 0.634. The van der Waals surface area contributed by atoms with Gasteiger partial charge in [0.25, 0.3) is 0 Å². The van der Waals surface area contributed by atoms with Crippen molar-refractivity contribution in [1.82, 2.24) is 15.1 Å². The highest BCUT2D eigenvalue weighted by Crippen LogP contribution is 2.15. The molecular formula is C24H31N3O5. The summed E-state index contributed by atoms with van der Waals surface area (Å²) in [6.45, 7) is 5.31. The summed E-state index contributed by atoms with van der Waals surface area (Å²) in [5.41, 5.74) is 1.04. The molecule has 1 fully saturated rings. The first-order valence-electron chi connectivity index (χ1n) is 11.0. The number of esters is 1. The predicted molar refractivity (Wildman–Crippen MR) is 119 cm³/mol. The minimum Gasteiger partial charge on any atom is -0.463 e. The summed E-state index contributed by atoms with van der Waals surface area (Å²) in [6, 6.07) is 13.0. The molecule has 172 valence electrons. The van der Waals surface area contributed by atoms with Crippen molar-refractivity contribution < 1.29 is 23.5 Å². The molecule has 1 aliphatic rings. The number of carbonyl (C=O) groups is 3. The first-order valence-corrected chi connectivity index (χ1v) is 11.0.